The van der Waals surface area contributed by atoms with Crippen molar-refractivity contribution >= 4 is 44.8 Å². The number of benzene rings is 2. The van der Waals surface area contributed by atoms with Gasteiger partial charge in [-0.1, -0.05) is 40.2 Å². The van der Waals surface area contributed by atoms with Gasteiger partial charge in [-0.05, 0) is 66.9 Å². The van der Waals surface area contributed by atoms with E-state index in [-0.39, 0.29) is 17.9 Å². The molecular weight excluding hydrogens is 462 g/mol. The summed E-state index contributed by atoms with van der Waals surface area (Å²) in [7, 11) is 0. The van der Waals surface area contributed by atoms with Crippen molar-refractivity contribution in [3.63, 3.8) is 0 Å². The van der Waals surface area contributed by atoms with E-state index in [0.717, 1.165) is 45.6 Å². The van der Waals surface area contributed by atoms with Crippen LogP contribution in [0.5, 0.6) is 0 Å². The highest BCUT2D eigenvalue weighted by atomic mass is 79.9. The molecule has 5 nitrogen and oxygen atoms in total. The molecule has 3 aromatic rings. The monoisotopic (exact) mass is 483 g/mol. The van der Waals surface area contributed by atoms with Crippen LogP contribution in [0.2, 0.25) is 0 Å². The SMILES string of the molecule is NC(=O)C1CCCN1Cc1cccc(NC(=O)c2ccc(-c3ccc(Br)cc3)s2)c1. The first kappa shape index (κ1) is 20.8. The molecule has 1 saturated heterocycles. The van der Waals surface area contributed by atoms with Crippen molar-refractivity contribution in [3.8, 4) is 10.4 Å². The molecule has 0 radical (unpaired) electrons. The minimum absolute atomic E-state index is 0.128. The second kappa shape index (κ2) is 9.12. The fourth-order valence-corrected chi connectivity index (χ4v) is 4.91. The van der Waals surface area contributed by atoms with E-state index < -0.39 is 0 Å². The topological polar surface area (TPSA) is 75.4 Å². The zero-order chi connectivity index (χ0) is 21.1. The van der Waals surface area contributed by atoms with Crippen molar-refractivity contribution in [2.45, 2.75) is 25.4 Å². The van der Waals surface area contributed by atoms with E-state index in [0.29, 0.717) is 11.4 Å². The fraction of sp³-hybridized carbons (Fsp3) is 0.217. The van der Waals surface area contributed by atoms with Gasteiger partial charge in [-0.15, -0.1) is 11.3 Å². The van der Waals surface area contributed by atoms with Crippen LogP contribution < -0.4 is 11.1 Å². The van der Waals surface area contributed by atoms with Gasteiger partial charge in [0.1, 0.15) is 0 Å². The molecule has 3 N–H and O–H groups in total. The van der Waals surface area contributed by atoms with Gasteiger partial charge in [0.2, 0.25) is 5.91 Å². The molecule has 0 bridgehead atoms. The van der Waals surface area contributed by atoms with Crippen molar-refractivity contribution in [1.29, 1.82) is 0 Å². The highest BCUT2D eigenvalue weighted by molar-refractivity contribution is 9.10. The molecule has 1 aliphatic heterocycles. The first-order valence-corrected chi connectivity index (χ1v) is 11.4. The number of anilines is 1. The Morgan fingerprint density at radius 3 is 2.70 bits per heavy atom. The molecule has 4 rings (SSSR count). The molecule has 0 saturated carbocycles. The van der Waals surface area contributed by atoms with E-state index in [1.807, 2.05) is 60.7 Å². The van der Waals surface area contributed by atoms with Crippen molar-refractivity contribution < 1.29 is 9.59 Å². The summed E-state index contributed by atoms with van der Waals surface area (Å²) in [5, 5.41) is 2.99. The fourth-order valence-electron chi connectivity index (χ4n) is 3.74. The number of primary amides is 1. The Labute approximate surface area is 188 Å². The number of carbonyl (C=O) groups is 2. The normalized spacial score (nSPS) is 16.5. The molecule has 1 aliphatic rings. The number of hydrogen-bond donors (Lipinski definition) is 2. The molecule has 30 heavy (non-hydrogen) atoms. The Balaban J connectivity index is 1.43. The van der Waals surface area contributed by atoms with Crippen LogP contribution in [0, 0.1) is 0 Å². The Morgan fingerprint density at radius 2 is 1.93 bits per heavy atom. The number of halogens is 1. The number of nitrogens with two attached hydrogens (primary N) is 1. The maximum Gasteiger partial charge on any atom is 0.265 e. The highest BCUT2D eigenvalue weighted by Gasteiger charge is 2.28. The van der Waals surface area contributed by atoms with Crippen molar-refractivity contribution in [2.24, 2.45) is 5.73 Å². The molecule has 0 aliphatic carbocycles. The maximum absolute atomic E-state index is 12.7. The van der Waals surface area contributed by atoms with E-state index in [1.54, 1.807) is 0 Å². The summed E-state index contributed by atoms with van der Waals surface area (Å²) in [5.41, 5.74) is 8.38. The van der Waals surface area contributed by atoms with Crippen LogP contribution in [0.3, 0.4) is 0 Å². The predicted molar refractivity (Wildman–Crippen MR) is 124 cm³/mol. The lowest BCUT2D eigenvalue weighted by molar-refractivity contribution is -0.122. The molecule has 1 fully saturated rings. The molecule has 2 aromatic carbocycles. The van der Waals surface area contributed by atoms with Crippen molar-refractivity contribution in [2.75, 3.05) is 11.9 Å². The molecule has 1 aromatic heterocycles. The Bertz CT molecular complexity index is 1060. The Kier molecular flexibility index (Phi) is 6.32. The first-order chi connectivity index (χ1) is 14.5. The van der Waals surface area contributed by atoms with Crippen LogP contribution in [0.4, 0.5) is 5.69 Å². The molecule has 1 unspecified atom stereocenters. The van der Waals surface area contributed by atoms with E-state index in [9.17, 15) is 9.59 Å². The van der Waals surface area contributed by atoms with Gasteiger partial charge in [0, 0.05) is 21.6 Å². The molecule has 1 atom stereocenters. The third-order valence-corrected chi connectivity index (χ3v) is 6.88. The molecule has 2 heterocycles. The van der Waals surface area contributed by atoms with Gasteiger partial charge < -0.3 is 11.1 Å². The number of nitrogens with one attached hydrogen (secondary N) is 1. The van der Waals surface area contributed by atoms with Crippen LogP contribution in [-0.2, 0) is 11.3 Å². The summed E-state index contributed by atoms with van der Waals surface area (Å²) >= 11 is 4.91. The van der Waals surface area contributed by atoms with E-state index in [2.05, 4.69) is 26.1 Å². The van der Waals surface area contributed by atoms with Gasteiger partial charge in [0.15, 0.2) is 0 Å². The molecule has 2 amide bonds. The number of rotatable bonds is 6. The lowest BCUT2D eigenvalue weighted by atomic mass is 10.1. The smallest absolute Gasteiger partial charge is 0.265 e. The third kappa shape index (κ3) is 4.80. The number of nitrogens with zero attached hydrogens (tertiary/aromatic N) is 1. The standard InChI is InChI=1S/C23H22BrN3O2S/c24-17-8-6-16(7-9-17)20-10-11-21(30-20)23(29)26-18-4-1-3-15(13-18)14-27-12-2-5-19(27)22(25)28/h1,3-4,6-11,13,19H,2,5,12,14H2,(H2,25,28)(H,26,29). The summed E-state index contributed by atoms with van der Waals surface area (Å²) in [5.74, 6) is -0.395. The minimum atomic E-state index is -0.267. The van der Waals surface area contributed by atoms with E-state index in [1.165, 1.54) is 11.3 Å². The van der Waals surface area contributed by atoms with Crippen LogP contribution >= 0.6 is 27.3 Å². The molecule has 0 spiro atoms. The number of thiophene rings is 1. The lowest BCUT2D eigenvalue weighted by Gasteiger charge is -2.22. The van der Waals surface area contributed by atoms with Crippen molar-refractivity contribution in [1.82, 2.24) is 4.90 Å². The third-order valence-electron chi connectivity index (χ3n) is 5.22. The van der Waals surface area contributed by atoms with Gasteiger partial charge in [-0.3, -0.25) is 14.5 Å². The van der Waals surface area contributed by atoms with Crippen LogP contribution in [-0.4, -0.2) is 29.3 Å². The quantitative estimate of drug-likeness (QED) is 0.524. The number of amides is 2. The number of carbonyl (C=O) groups excluding carboxylic acids is 2. The van der Waals surface area contributed by atoms with E-state index >= 15 is 0 Å². The molecular formula is C23H22BrN3O2S. The van der Waals surface area contributed by atoms with Gasteiger partial charge in [0.25, 0.3) is 5.91 Å². The average molecular weight is 484 g/mol. The number of hydrogen-bond acceptors (Lipinski definition) is 4. The Hall–Kier alpha value is -2.48. The van der Waals surface area contributed by atoms with Crippen LogP contribution in [0.15, 0.2) is 65.1 Å². The maximum atomic E-state index is 12.7. The van der Waals surface area contributed by atoms with Gasteiger partial charge in [0.05, 0.1) is 10.9 Å². The first-order valence-electron chi connectivity index (χ1n) is 9.79. The summed E-state index contributed by atoms with van der Waals surface area (Å²) in [6, 6.07) is 19.4. The molecule has 154 valence electrons. The predicted octanol–water partition coefficient (Wildman–Crippen LogP) is 4.88. The summed E-state index contributed by atoms with van der Waals surface area (Å²) in [4.78, 5) is 28.2. The largest absolute Gasteiger partial charge is 0.368 e. The van der Waals surface area contributed by atoms with Gasteiger partial charge in [-0.2, -0.15) is 0 Å². The number of likely N-dealkylation sites (tertiary alicyclic amines) is 1. The summed E-state index contributed by atoms with van der Waals surface area (Å²) in [6.45, 7) is 1.50. The Morgan fingerprint density at radius 1 is 1.13 bits per heavy atom. The zero-order valence-electron chi connectivity index (χ0n) is 16.3. The highest BCUT2D eigenvalue weighted by Crippen LogP contribution is 2.30. The van der Waals surface area contributed by atoms with Gasteiger partial charge >= 0.3 is 0 Å². The second-order valence-corrected chi connectivity index (χ2v) is 9.36. The molecule has 7 heteroatoms. The van der Waals surface area contributed by atoms with Crippen molar-refractivity contribution in [3.05, 3.63) is 75.6 Å². The second-order valence-electron chi connectivity index (χ2n) is 7.36. The van der Waals surface area contributed by atoms with Gasteiger partial charge in [-0.25, -0.2) is 0 Å². The zero-order valence-corrected chi connectivity index (χ0v) is 18.7. The summed E-state index contributed by atoms with van der Waals surface area (Å²) in [6.07, 6.45) is 1.79. The van der Waals surface area contributed by atoms with E-state index in [4.69, 9.17) is 5.73 Å². The summed E-state index contributed by atoms with van der Waals surface area (Å²) < 4.78 is 1.02. The van der Waals surface area contributed by atoms with Crippen LogP contribution in [0.25, 0.3) is 10.4 Å². The average Bonchev–Trinajstić information content (AvgIpc) is 3.39. The lowest BCUT2D eigenvalue weighted by Crippen LogP contribution is -2.39. The van der Waals surface area contributed by atoms with Crippen LogP contribution in [0.1, 0.15) is 28.1 Å². The minimum Gasteiger partial charge on any atom is -0.368 e.